The second kappa shape index (κ2) is 8.66. The summed E-state index contributed by atoms with van der Waals surface area (Å²) in [6.07, 6.45) is 0.331. The normalized spacial score (nSPS) is 14.0. The lowest BCUT2D eigenvalue weighted by molar-refractivity contribution is -0.132. The standard InChI is InChI=1S/C22H20ClN5O4S2/c1-26(34(31,32)21-7-4-10-33-21)13-20(29)27-9-8-15-18(12-27)24-19-11-17(25-28(19)22(15)30)14-5-2-3-6-16(14)23/h2-7,10-11,25H,8-9,12-13H2,1H3. The van der Waals surface area contributed by atoms with E-state index < -0.39 is 10.0 Å². The number of likely N-dealkylation sites (N-methyl/N-ethyl adjacent to an activating group) is 1. The fraction of sp³-hybridized carbons (Fsp3) is 0.227. The van der Waals surface area contributed by atoms with E-state index in [4.69, 9.17) is 11.6 Å². The van der Waals surface area contributed by atoms with Gasteiger partial charge in [0.05, 0.1) is 24.5 Å². The van der Waals surface area contributed by atoms with Crippen molar-refractivity contribution in [3.05, 3.63) is 74.5 Å². The average molecular weight is 518 g/mol. The summed E-state index contributed by atoms with van der Waals surface area (Å²) >= 11 is 7.40. The van der Waals surface area contributed by atoms with Gasteiger partial charge >= 0.3 is 0 Å². The minimum atomic E-state index is -3.73. The molecule has 0 aliphatic carbocycles. The largest absolute Gasteiger partial charge is 0.335 e. The molecule has 4 heterocycles. The second-order valence-electron chi connectivity index (χ2n) is 7.94. The van der Waals surface area contributed by atoms with Crippen molar-refractivity contribution < 1.29 is 13.2 Å². The number of hydrogen-bond acceptors (Lipinski definition) is 6. The van der Waals surface area contributed by atoms with Crippen molar-refractivity contribution in [2.45, 2.75) is 17.2 Å². The number of benzene rings is 1. The number of fused-ring (bicyclic) bond motifs is 2. The van der Waals surface area contributed by atoms with Gasteiger partial charge in [0.15, 0.2) is 5.65 Å². The lowest BCUT2D eigenvalue weighted by Gasteiger charge is -2.29. The van der Waals surface area contributed by atoms with Crippen LogP contribution in [-0.2, 0) is 27.8 Å². The van der Waals surface area contributed by atoms with Gasteiger partial charge in [-0.2, -0.15) is 4.31 Å². The lowest BCUT2D eigenvalue weighted by atomic mass is 10.1. The number of rotatable bonds is 5. The highest BCUT2D eigenvalue weighted by molar-refractivity contribution is 7.91. The fourth-order valence-electron chi connectivity index (χ4n) is 3.96. The van der Waals surface area contributed by atoms with Crippen LogP contribution >= 0.6 is 22.9 Å². The summed E-state index contributed by atoms with van der Waals surface area (Å²) in [5.41, 5.74) is 2.66. The molecule has 3 aromatic heterocycles. The summed E-state index contributed by atoms with van der Waals surface area (Å²) in [4.78, 5) is 32.1. The van der Waals surface area contributed by atoms with Crippen molar-refractivity contribution >= 4 is 44.5 Å². The zero-order chi connectivity index (χ0) is 24.0. The molecule has 176 valence electrons. The number of halogens is 1. The highest BCUT2D eigenvalue weighted by atomic mass is 35.5. The smallest absolute Gasteiger partial charge is 0.276 e. The van der Waals surface area contributed by atoms with E-state index in [1.165, 1.54) is 22.5 Å². The van der Waals surface area contributed by atoms with Crippen molar-refractivity contribution in [2.24, 2.45) is 0 Å². The topological polar surface area (TPSA) is 108 Å². The maximum Gasteiger partial charge on any atom is 0.276 e. The van der Waals surface area contributed by atoms with Gasteiger partial charge in [-0.05, 0) is 23.9 Å². The van der Waals surface area contributed by atoms with Gasteiger partial charge in [-0.25, -0.2) is 17.9 Å². The molecule has 4 aromatic rings. The first-order valence-electron chi connectivity index (χ1n) is 10.4. The summed E-state index contributed by atoms with van der Waals surface area (Å²) < 4.78 is 27.9. The first kappa shape index (κ1) is 22.8. The van der Waals surface area contributed by atoms with Crippen molar-refractivity contribution in [3.63, 3.8) is 0 Å². The number of thiophene rings is 1. The maximum absolute atomic E-state index is 13.1. The van der Waals surface area contributed by atoms with Crippen LogP contribution in [0.2, 0.25) is 5.02 Å². The van der Waals surface area contributed by atoms with E-state index >= 15 is 0 Å². The van der Waals surface area contributed by atoms with E-state index in [1.54, 1.807) is 23.6 Å². The van der Waals surface area contributed by atoms with Gasteiger partial charge < -0.3 is 4.90 Å². The molecule has 0 saturated carbocycles. The molecule has 9 nitrogen and oxygen atoms in total. The SMILES string of the molecule is CN(CC(=O)N1CCc2c(nc3cc(-c4ccccc4Cl)[nH]n3c2=O)C1)S(=O)(=O)c1cccs1. The monoisotopic (exact) mass is 517 g/mol. The second-order valence-corrected chi connectivity index (χ2v) is 11.6. The minimum Gasteiger partial charge on any atom is -0.335 e. The molecule has 0 bridgehead atoms. The number of amides is 1. The molecule has 1 amide bonds. The molecular formula is C22H20ClN5O4S2. The molecule has 0 radical (unpaired) electrons. The number of sulfonamides is 1. The van der Waals surface area contributed by atoms with Gasteiger partial charge in [0.2, 0.25) is 5.91 Å². The molecule has 0 atom stereocenters. The van der Waals surface area contributed by atoms with Crippen LogP contribution < -0.4 is 5.56 Å². The Kier molecular flexibility index (Phi) is 5.80. The molecule has 0 fully saturated rings. The Morgan fingerprint density at radius 1 is 1.26 bits per heavy atom. The zero-order valence-electron chi connectivity index (χ0n) is 18.1. The van der Waals surface area contributed by atoms with Crippen molar-refractivity contribution in [1.82, 2.24) is 23.8 Å². The third-order valence-electron chi connectivity index (χ3n) is 5.80. The number of aromatic amines is 1. The first-order chi connectivity index (χ1) is 16.3. The summed E-state index contributed by atoms with van der Waals surface area (Å²) in [6.45, 7) is 0.150. The van der Waals surface area contributed by atoms with Crippen molar-refractivity contribution in [3.8, 4) is 11.3 Å². The summed E-state index contributed by atoms with van der Waals surface area (Å²) in [6, 6.07) is 12.2. The van der Waals surface area contributed by atoms with Crippen LogP contribution in [0.4, 0.5) is 0 Å². The Balaban J connectivity index is 1.40. The maximum atomic E-state index is 13.1. The Bertz CT molecular complexity index is 1560. The summed E-state index contributed by atoms with van der Waals surface area (Å²) in [5, 5.41) is 5.29. The van der Waals surface area contributed by atoms with Crippen molar-refractivity contribution in [1.29, 1.82) is 0 Å². The van der Waals surface area contributed by atoms with Crippen LogP contribution in [0.5, 0.6) is 0 Å². The van der Waals surface area contributed by atoms with Gasteiger partial charge in [0.1, 0.15) is 4.21 Å². The highest BCUT2D eigenvalue weighted by Crippen LogP contribution is 2.27. The fourth-order valence-corrected chi connectivity index (χ4v) is 6.52. The number of carbonyl (C=O) groups excluding carboxylic acids is 1. The van der Waals surface area contributed by atoms with E-state index in [1.807, 2.05) is 18.2 Å². The predicted octanol–water partition coefficient (Wildman–Crippen LogP) is 2.61. The number of H-pyrrole nitrogens is 1. The number of aromatic nitrogens is 3. The molecule has 0 saturated heterocycles. The van der Waals surface area contributed by atoms with Gasteiger partial charge in [-0.3, -0.25) is 14.7 Å². The molecule has 34 heavy (non-hydrogen) atoms. The Hall–Kier alpha value is -2.99. The third kappa shape index (κ3) is 3.94. The van der Waals surface area contributed by atoms with Crippen LogP contribution in [0, 0.1) is 0 Å². The van der Waals surface area contributed by atoms with E-state index in [2.05, 4.69) is 10.1 Å². The van der Waals surface area contributed by atoms with Gasteiger partial charge in [-0.1, -0.05) is 35.9 Å². The molecule has 12 heteroatoms. The van der Waals surface area contributed by atoms with Gasteiger partial charge in [0.25, 0.3) is 15.6 Å². The first-order valence-corrected chi connectivity index (χ1v) is 13.1. The summed E-state index contributed by atoms with van der Waals surface area (Å²) in [7, 11) is -2.35. The van der Waals surface area contributed by atoms with Crippen LogP contribution in [0.3, 0.4) is 0 Å². The molecule has 0 unspecified atom stereocenters. The highest BCUT2D eigenvalue weighted by Gasteiger charge is 2.29. The zero-order valence-corrected chi connectivity index (χ0v) is 20.5. The predicted molar refractivity (Wildman–Crippen MR) is 130 cm³/mol. The Morgan fingerprint density at radius 3 is 2.79 bits per heavy atom. The molecule has 5 rings (SSSR count). The molecule has 0 spiro atoms. The Morgan fingerprint density at radius 2 is 2.06 bits per heavy atom. The van der Waals surface area contributed by atoms with Gasteiger partial charge in [-0.15, -0.1) is 11.3 Å². The van der Waals surface area contributed by atoms with E-state index in [-0.39, 0.29) is 28.8 Å². The molecule has 1 aliphatic heterocycles. The van der Waals surface area contributed by atoms with E-state index in [0.717, 1.165) is 21.2 Å². The molecular weight excluding hydrogens is 498 g/mol. The Labute approximate surface area is 204 Å². The third-order valence-corrected chi connectivity index (χ3v) is 9.31. The molecule has 1 aromatic carbocycles. The van der Waals surface area contributed by atoms with Crippen molar-refractivity contribution in [2.75, 3.05) is 20.1 Å². The van der Waals surface area contributed by atoms with Crippen LogP contribution in [0.15, 0.2) is 56.8 Å². The molecule has 1 N–H and O–H groups in total. The van der Waals surface area contributed by atoms with Crippen LogP contribution in [-0.4, -0.2) is 58.3 Å². The van der Waals surface area contributed by atoms with Crippen LogP contribution in [0.25, 0.3) is 16.9 Å². The van der Waals surface area contributed by atoms with Gasteiger partial charge in [0, 0.05) is 35.8 Å². The number of hydrogen-bond donors (Lipinski definition) is 1. The number of nitrogens with one attached hydrogen (secondary N) is 1. The minimum absolute atomic E-state index is 0.138. The average Bonchev–Trinajstić information content (AvgIpc) is 3.50. The molecule has 1 aliphatic rings. The lowest BCUT2D eigenvalue weighted by Crippen LogP contribution is -2.44. The van der Waals surface area contributed by atoms with E-state index in [0.29, 0.717) is 40.6 Å². The van der Waals surface area contributed by atoms with Crippen LogP contribution in [0.1, 0.15) is 11.3 Å². The quantitative estimate of drug-likeness (QED) is 0.438. The number of nitrogens with zero attached hydrogens (tertiary/aromatic N) is 4. The van der Waals surface area contributed by atoms with E-state index in [9.17, 15) is 18.0 Å². The summed E-state index contributed by atoms with van der Waals surface area (Å²) in [5.74, 6) is -0.346. The number of carbonyl (C=O) groups is 1.